The summed E-state index contributed by atoms with van der Waals surface area (Å²) in [5.74, 6) is 1.09. The summed E-state index contributed by atoms with van der Waals surface area (Å²) in [6, 6.07) is 0. The van der Waals surface area contributed by atoms with Crippen molar-refractivity contribution in [3.05, 3.63) is 23.3 Å². The van der Waals surface area contributed by atoms with Gasteiger partial charge in [0, 0.05) is 29.1 Å². The molecule has 0 rings (SSSR count). The molecule has 94 valence electrons. The standard InChI is InChI=1S/C11H20N2S.C2H6/c1-6-11(9-12-10(2)3)14-8-7-13(4)5;1-2/h6,9H,2,7-8H2,1,3-5H3;1-2H3/b11-6+,12-9?;. The third kappa shape index (κ3) is 13.5. The molecule has 0 unspecified atom stereocenters. The van der Waals surface area contributed by atoms with Gasteiger partial charge in [-0.3, -0.25) is 4.99 Å². The maximum atomic E-state index is 4.17. The Balaban J connectivity index is 0. The van der Waals surface area contributed by atoms with E-state index in [1.165, 1.54) is 4.91 Å². The predicted molar refractivity (Wildman–Crippen MR) is 79.4 cm³/mol. The topological polar surface area (TPSA) is 15.6 Å². The monoisotopic (exact) mass is 242 g/mol. The van der Waals surface area contributed by atoms with Crippen LogP contribution in [0.5, 0.6) is 0 Å². The lowest BCUT2D eigenvalue weighted by atomic mass is 10.5. The van der Waals surface area contributed by atoms with Gasteiger partial charge in [-0.05, 0) is 27.9 Å². The van der Waals surface area contributed by atoms with Crippen LogP contribution >= 0.6 is 11.8 Å². The number of rotatable bonds is 6. The van der Waals surface area contributed by atoms with E-state index in [-0.39, 0.29) is 0 Å². The molecule has 0 fully saturated rings. The van der Waals surface area contributed by atoms with E-state index in [1.807, 2.05) is 45.7 Å². The van der Waals surface area contributed by atoms with Crippen LogP contribution in [0.1, 0.15) is 27.7 Å². The van der Waals surface area contributed by atoms with E-state index in [2.05, 4.69) is 36.6 Å². The van der Waals surface area contributed by atoms with E-state index in [1.54, 1.807) is 0 Å². The number of allylic oxidation sites excluding steroid dienone is 3. The second-order valence-electron chi connectivity index (χ2n) is 3.34. The van der Waals surface area contributed by atoms with Crippen molar-refractivity contribution in [1.29, 1.82) is 0 Å². The molecule has 0 aromatic carbocycles. The van der Waals surface area contributed by atoms with E-state index in [4.69, 9.17) is 0 Å². The van der Waals surface area contributed by atoms with E-state index in [0.29, 0.717) is 0 Å². The van der Waals surface area contributed by atoms with Gasteiger partial charge in [-0.2, -0.15) is 0 Å². The third-order valence-corrected chi connectivity index (χ3v) is 2.57. The van der Waals surface area contributed by atoms with Crippen molar-refractivity contribution in [1.82, 2.24) is 4.90 Å². The van der Waals surface area contributed by atoms with Crippen molar-refractivity contribution in [2.75, 3.05) is 26.4 Å². The van der Waals surface area contributed by atoms with E-state index < -0.39 is 0 Å². The maximum Gasteiger partial charge on any atom is 0.0403 e. The summed E-state index contributed by atoms with van der Waals surface area (Å²) in [5.41, 5.74) is 0.845. The van der Waals surface area contributed by atoms with Gasteiger partial charge < -0.3 is 4.90 Å². The molecule has 0 saturated heterocycles. The second kappa shape index (κ2) is 12.5. The number of aliphatic imine (C=N–C) groups is 1. The van der Waals surface area contributed by atoms with Crippen LogP contribution < -0.4 is 0 Å². The van der Waals surface area contributed by atoms with E-state index in [9.17, 15) is 0 Å². The van der Waals surface area contributed by atoms with Crippen molar-refractivity contribution >= 4 is 18.0 Å². The first-order valence-corrected chi connectivity index (χ1v) is 6.68. The molecule has 0 amide bonds. The molecule has 0 aliphatic carbocycles. The highest BCUT2D eigenvalue weighted by Crippen LogP contribution is 2.13. The highest BCUT2D eigenvalue weighted by atomic mass is 32.2. The van der Waals surface area contributed by atoms with Gasteiger partial charge in [0.25, 0.3) is 0 Å². The Morgan fingerprint density at radius 1 is 1.38 bits per heavy atom. The largest absolute Gasteiger partial charge is 0.309 e. The van der Waals surface area contributed by atoms with E-state index >= 15 is 0 Å². The van der Waals surface area contributed by atoms with Crippen LogP contribution in [-0.2, 0) is 0 Å². The SMILES string of the molecule is C=C(C)N=C/C(=C\C)SCCN(C)C.CC. The van der Waals surface area contributed by atoms with Crippen LogP contribution in [-0.4, -0.2) is 37.5 Å². The number of hydrogen-bond donors (Lipinski definition) is 0. The summed E-state index contributed by atoms with van der Waals surface area (Å²) in [5, 5.41) is 0. The zero-order chi connectivity index (χ0) is 13.0. The molecule has 0 spiro atoms. The number of nitrogens with zero attached hydrogens (tertiary/aromatic N) is 2. The first kappa shape index (κ1) is 17.8. The minimum Gasteiger partial charge on any atom is -0.309 e. The minimum atomic E-state index is 0.845. The summed E-state index contributed by atoms with van der Waals surface area (Å²) >= 11 is 1.82. The molecule has 16 heavy (non-hydrogen) atoms. The van der Waals surface area contributed by atoms with Gasteiger partial charge in [-0.25, -0.2) is 0 Å². The van der Waals surface area contributed by atoms with Crippen LogP contribution in [0.2, 0.25) is 0 Å². The first-order valence-electron chi connectivity index (χ1n) is 5.69. The lowest BCUT2D eigenvalue weighted by Crippen LogP contribution is -2.14. The Morgan fingerprint density at radius 2 is 1.94 bits per heavy atom. The van der Waals surface area contributed by atoms with Gasteiger partial charge in [0.15, 0.2) is 0 Å². The molecule has 2 nitrogen and oxygen atoms in total. The summed E-state index contributed by atoms with van der Waals surface area (Å²) in [7, 11) is 4.16. The highest BCUT2D eigenvalue weighted by molar-refractivity contribution is 8.03. The van der Waals surface area contributed by atoms with Crippen LogP contribution in [0.3, 0.4) is 0 Å². The molecule has 0 heterocycles. The van der Waals surface area contributed by atoms with E-state index in [0.717, 1.165) is 18.0 Å². The molecule has 3 heteroatoms. The number of thioether (sulfide) groups is 1. The van der Waals surface area contributed by atoms with Crippen LogP contribution in [0.4, 0.5) is 0 Å². The predicted octanol–water partition coefficient (Wildman–Crippen LogP) is 3.82. The number of hydrogen-bond acceptors (Lipinski definition) is 3. The summed E-state index contributed by atoms with van der Waals surface area (Å²) in [6.07, 6.45) is 3.95. The van der Waals surface area contributed by atoms with Crippen molar-refractivity contribution in [3.8, 4) is 0 Å². The van der Waals surface area contributed by atoms with Crippen molar-refractivity contribution in [3.63, 3.8) is 0 Å². The normalized spacial score (nSPS) is 11.6. The molecule has 0 aromatic heterocycles. The Labute approximate surface area is 106 Å². The molecule has 0 aliphatic rings. The fourth-order valence-corrected chi connectivity index (χ4v) is 1.70. The quantitative estimate of drug-likeness (QED) is 0.658. The van der Waals surface area contributed by atoms with Crippen molar-refractivity contribution in [2.45, 2.75) is 27.7 Å². The second-order valence-corrected chi connectivity index (χ2v) is 4.50. The fraction of sp³-hybridized carbons (Fsp3) is 0.615. The van der Waals surface area contributed by atoms with Gasteiger partial charge in [0.1, 0.15) is 0 Å². The van der Waals surface area contributed by atoms with Crippen molar-refractivity contribution < 1.29 is 0 Å². The Morgan fingerprint density at radius 3 is 2.31 bits per heavy atom. The van der Waals surface area contributed by atoms with Crippen LogP contribution in [0.15, 0.2) is 28.2 Å². The smallest absolute Gasteiger partial charge is 0.0403 e. The average molecular weight is 242 g/mol. The zero-order valence-electron chi connectivity index (χ0n) is 11.6. The molecular formula is C13H26N2S. The molecule has 0 saturated carbocycles. The first-order chi connectivity index (χ1) is 7.56. The van der Waals surface area contributed by atoms with Crippen molar-refractivity contribution in [2.24, 2.45) is 4.99 Å². The molecular weight excluding hydrogens is 216 g/mol. The van der Waals surface area contributed by atoms with Crippen LogP contribution in [0, 0.1) is 0 Å². The fourth-order valence-electron chi connectivity index (χ4n) is 0.715. The molecule has 0 atom stereocenters. The lowest BCUT2D eigenvalue weighted by Gasteiger charge is -2.08. The summed E-state index contributed by atoms with van der Waals surface area (Å²) in [4.78, 5) is 7.55. The van der Waals surface area contributed by atoms with Gasteiger partial charge in [-0.1, -0.05) is 26.5 Å². The highest BCUT2D eigenvalue weighted by Gasteiger charge is 1.94. The lowest BCUT2D eigenvalue weighted by molar-refractivity contribution is 0.437. The Kier molecular flexibility index (Phi) is 14.0. The van der Waals surface area contributed by atoms with Gasteiger partial charge in [0.2, 0.25) is 0 Å². The molecule has 0 N–H and O–H groups in total. The zero-order valence-corrected chi connectivity index (χ0v) is 12.4. The molecule has 0 bridgehead atoms. The van der Waals surface area contributed by atoms with Gasteiger partial charge in [-0.15, -0.1) is 11.8 Å². The van der Waals surface area contributed by atoms with Crippen LogP contribution in [0.25, 0.3) is 0 Å². The van der Waals surface area contributed by atoms with Gasteiger partial charge >= 0.3 is 0 Å². The average Bonchev–Trinajstić information content (AvgIpc) is 2.25. The third-order valence-electron chi connectivity index (χ3n) is 1.50. The summed E-state index contributed by atoms with van der Waals surface area (Å²) in [6.45, 7) is 12.7. The minimum absolute atomic E-state index is 0.845. The van der Waals surface area contributed by atoms with Gasteiger partial charge in [0.05, 0.1) is 0 Å². The summed E-state index contributed by atoms with van der Waals surface area (Å²) < 4.78 is 0. The molecule has 0 aromatic rings. The molecule has 0 radical (unpaired) electrons. The molecule has 0 aliphatic heterocycles. The maximum absolute atomic E-state index is 4.17. The Bertz CT molecular complexity index is 230. The Hall–Kier alpha value is -0.540.